The van der Waals surface area contributed by atoms with E-state index in [9.17, 15) is 5.11 Å². The normalized spacial score (nSPS) is 29.2. The number of aliphatic hydroxyl groups excluding tert-OH is 1. The van der Waals surface area contributed by atoms with Gasteiger partial charge in [0.15, 0.2) is 0 Å². The third kappa shape index (κ3) is 3.60. The fourth-order valence-electron chi connectivity index (χ4n) is 2.70. The van der Waals surface area contributed by atoms with E-state index in [0.717, 1.165) is 12.3 Å². The molecule has 0 saturated heterocycles. The van der Waals surface area contributed by atoms with E-state index in [4.69, 9.17) is 0 Å². The Balaban J connectivity index is 2.02. The van der Waals surface area contributed by atoms with Gasteiger partial charge >= 0.3 is 117 Å². The van der Waals surface area contributed by atoms with Gasteiger partial charge in [-0.1, -0.05) is 0 Å². The van der Waals surface area contributed by atoms with Gasteiger partial charge in [0.05, 0.1) is 0 Å². The first-order valence-electron chi connectivity index (χ1n) is 6.86. The molecule has 1 aliphatic rings. The molecule has 1 fully saturated rings. The van der Waals surface area contributed by atoms with Gasteiger partial charge < -0.3 is 0 Å². The Labute approximate surface area is 117 Å². The fraction of sp³-hybridized carbons (Fsp3) is 0.625. The monoisotopic (exact) mass is 312 g/mol. The van der Waals surface area contributed by atoms with Crippen molar-refractivity contribution in [3.8, 4) is 0 Å². The van der Waals surface area contributed by atoms with Gasteiger partial charge in [0.25, 0.3) is 0 Å². The SMILES string of the molecule is CC(C)(C)[C@H]1CC[C@@H](O)[C@H]([Se]c2ccccc2)C1. The summed E-state index contributed by atoms with van der Waals surface area (Å²) in [6.45, 7) is 7.01. The molecule has 1 saturated carbocycles. The maximum absolute atomic E-state index is 10.2. The van der Waals surface area contributed by atoms with Gasteiger partial charge in [0, 0.05) is 0 Å². The van der Waals surface area contributed by atoms with Crippen molar-refractivity contribution in [1.82, 2.24) is 0 Å². The summed E-state index contributed by atoms with van der Waals surface area (Å²) in [6.07, 6.45) is 3.29. The van der Waals surface area contributed by atoms with Crippen molar-refractivity contribution in [2.75, 3.05) is 0 Å². The minimum absolute atomic E-state index is 0.0798. The van der Waals surface area contributed by atoms with Gasteiger partial charge in [-0.05, 0) is 0 Å². The van der Waals surface area contributed by atoms with Crippen molar-refractivity contribution >= 4 is 19.4 Å². The summed E-state index contributed by atoms with van der Waals surface area (Å²) in [5.74, 6) is 0.761. The van der Waals surface area contributed by atoms with Gasteiger partial charge in [-0.3, -0.25) is 0 Å². The van der Waals surface area contributed by atoms with Crippen LogP contribution in [0.3, 0.4) is 0 Å². The van der Waals surface area contributed by atoms with Crippen LogP contribution in [0.2, 0.25) is 4.82 Å². The predicted molar refractivity (Wildman–Crippen MR) is 78.4 cm³/mol. The Morgan fingerprint density at radius 3 is 2.39 bits per heavy atom. The molecule has 0 unspecified atom stereocenters. The van der Waals surface area contributed by atoms with Crippen LogP contribution in [0, 0.1) is 11.3 Å². The summed E-state index contributed by atoms with van der Waals surface area (Å²) in [5, 5.41) is 10.2. The van der Waals surface area contributed by atoms with Gasteiger partial charge in [-0.2, -0.15) is 0 Å². The zero-order valence-corrected chi connectivity index (χ0v) is 13.3. The number of hydrogen-bond acceptors (Lipinski definition) is 1. The fourth-order valence-corrected chi connectivity index (χ4v) is 5.40. The molecular weight excluding hydrogens is 287 g/mol. The van der Waals surface area contributed by atoms with E-state index in [0.29, 0.717) is 25.2 Å². The second-order valence-corrected chi connectivity index (χ2v) is 9.17. The molecule has 1 N–H and O–H groups in total. The Hall–Kier alpha value is -0.301. The Morgan fingerprint density at radius 2 is 1.78 bits per heavy atom. The van der Waals surface area contributed by atoms with E-state index >= 15 is 0 Å². The zero-order chi connectivity index (χ0) is 13.2. The Bertz CT molecular complexity index is 368. The van der Waals surface area contributed by atoms with Gasteiger partial charge in [-0.15, -0.1) is 0 Å². The van der Waals surface area contributed by atoms with Crippen LogP contribution in [0.25, 0.3) is 0 Å². The molecule has 2 rings (SSSR count). The van der Waals surface area contributed by atoms with Crippen LogP contribution >= 0.6 is 0 Å². The van der Waals surface area contributed by atoms with E-state index in [1.165, 1.54) is 17.3 Å². The third-order valence-corrected chi connectivity index (χ3v) is 6.85. The van der Waals surface area contributed by atoms with Crippen LogP contribution in [0.4, 0.5) is 0 Å². The second-order valence-electron chi connectivity index (χ2n) is 6.41. The summed E-state index contributed by atoms with van der Waals surface area (Å²) in [4.78, 5) is 0.498. The molecule has 0 aromatic heterocycles. The third-order valence-electron chi connectivity index (χ3n) is 4.01. The topological polar surface area (TPSA) is 20.2 Å². The molecule has 2 heteroatoms. The molecule has 0 aliphatic heterocycles. The number of benzene rings is 1. The molecule has 0 bridgehead atoms. The molecule has 1 aliphatic carbocycles. The van der Waals surface area contributed by atoms with Crippen LogP contribution < -0.4 is 4.46 Å². The standard InChI is InChI=1S/C16H24OSe/c1-16(2,3)12-9-10-14(17)15(11-12)18-13-7-5-4-6-8-13/h4-8,12,14-15,17H,9-11H2,1-3H3/t12-,14+,15+/m0/s1. The van der Waals surface area contributed by atoms with E-state index in [1.54, 1.807) is 0 Å². The summed E-state index contributed by atoms with van der Waals surface area (Å²) in [6, 6.07) is 10.7. The van der Waals surface area contributed by atoms with Crippen molar-refractivity contribution < 1.29 is 5.11 Å². The quantitative estimate of drug-likeness (QED) is 0.833. The molecule has 1 aromatic carbocycles. The van der Waals surface area contributed by atoms with Crippen LogP contribution in [-0.2, 0) is 0 Å². The molecule has 1 nitrogen and oxygen atoms in total. The minimum atomic E-state index is -0.0798. The summed E-state index contributed by atoms with van der Waals surface area (Å²) in [7, 11) is 0. The van der Waals surface area contributed by atoms with E-state index in [-0.39, 0.29) is 6.10 Å². The second kappa shape index (κ2) is 5.77. The molecule has 0 amide bonds. The number of hydrogen-bond donors (Lipinski definition) is 1. The molecule has 100 valence electrons. The van der Waals surface area contributed by atoms with Crippen molar-refractivity contribution in [2.45, 2.75) is 51.0 Å². The van der Waals surface area contributed by atoms with Crippen molar-refractivity contribution in [2.24, 2.45) is 11.3 Å². The van der Waals surface area contributed by atoms with E-state index < -0.39 is 0 Å². The average molecular weight is 311 g/mol. The van der Waals surface area contributed by atoms with E-state index in [1.807, 2.05) is 0 Å². The van der Waals surface area contributed by atoms with Crippen LogP contribution in [0.5, 0.6) is 0 Å². The molecule has 0 radical (unpaired) electrons. The van der Waals surface area contributed by atoms with Crippen LogP contribution in [0.15, 0.2) is 30.3 Å². The Morgan fingerprint density at radius 1 is 1.11 bits per heavy atom. The molecule has 3 atom stereocenters. The van der Waals surface area contributed by atoms with Crippen LogP contribution in [0.1, 0.15) is 40.0 Å². The molecule has 0 spiro atoms. The van der Waals surface area contributed by atoms with Crippen LogP contribution in [-0.4, -0.2) is 26.2 Å². The first kappa shape index (κ1) is 14.1. The van der Waals surface area contributed by atoms with Crippen molar-refractivity contribution in [3.05, 3.63) is 30.3 Å². The first-order chi connectivity index (χ1) is 8.47. The van der Waals surface area contributed by atoms with Gasteiger partial charge in [0.1, 0.15) is 0 Å². The summed E-state index contributed by atoms with van der Waals surface area (Å²) >= 11 is 0.407. The Kier molecular flexibility index (Phi) is 4.53. The number of rotatable bonds is 2. The average Bonchev–Trinajstić information content (AvgIpc) is 2.32. The van der Waals surface area contributed by atoms with Gasteiger partial charge in [0.2, 0.25) is 0 Å². The summed E-state index contributed by atoms with van der Waals surface area (Å²) < 4.78 is 1.42. The molecule has 0 heterocycles. The summed E-state index contributed by atoms with van der Waals surface area (Å²) in [5.41, 5.74) is 0.380. The van der Waals surface area contributed by atoms with Crippen molar-refractivity contribution in [1.29, 1.82) is 0 Å². The molecular formula is C16H24OSe. The first-order valence-corrected chi connectivity index (χ1v) is 8.71. The predicted octanol–water partition coefficient (Wildman–Crippen LogP) is 3.01. The maximum atomic E-state index is 10.2. The van der Waals surface area contributed by atoms with Gasteiger partial charge in [-0.25, -0.2) is 0 Å². The van der Waals surface area contributed by atoms with E-state index in [2.05, 4.69) is 51.1 Å². The molecule has 18 heavy (non-hydrogen) atoms. The number of aliphatic hydroxyl groups is 1. The van der Waals surface area contributed by atoms with Crippen molar-refractivity contribution in [3.63, 3.8) is 0 Å². The zero-order valence-electron chi connectivity index (χ0n) is 11.6. The molecule has 1 aromatic rings.